The molecule has 2 saturated heterocycles. The Morgan fingerprint density at radius 2 is 1.96 bits per heavy atom. The molecule has 5 unspecified atom stereocenters. The molecule has 1 aromatic carbocycles. The molecule has 0 saturated carbocycles. The summed E-state index contributed by atoms with van der Waals surface area (Å²) in [5.74, 6) is 0.687. The van der Waals surface area contributed by atoms with Crippen LogP contribution in [0.4, 0.5) is 5.95 Å². The number of aromatic nitrogens is 5. The van der Waals surface area contributed by atoms with Crippen molar-refractivity contribution in [3.05, 3.63) is 42.4 Å². The number of carbonyl (C=O) groups is 1. The molecule has 16 heteroatoms. The SMILES string of the molecule is CC.COc1nc(N)nc2c1nc(C)n2C1OC(COP(=O)(NC(C)C(=O)OC2CCOCC2)Oc2ccc3ncccc3c2)CC1C. The van der Waals surface area contributed by atoms with Gasteiger partial charge in [0.25, 0.3) is 0 Å². The van der Waals surface area contributed by atoms with E-state index in [-0.39, 0.29) is 36.2 Å². The van der Waals surface area contributed by atoms with E-state index in [1.54, 1.807) is 37.4 Å². The Bertz CT molecular complexity index is 1770. The molecule has 2 aliphatic rings. The highest BCUT2D eigenvalue weighted by atomic mass is 31.2. The molecule has 4 aromatic rings. The summed E-state index contributed by atoms with van der Waals surface area (Å²) in [7, 11) is -2.66. The van der Waals surface area contributed by atoms with E-state index < -0.39 is 32.1 Å². The van der Waals surface area contributed by atoms with Gasteiger partial charge in [-0.1, -0.05) is 26.8 Å². The minimum Gasteiger partial charge on any atom is -0.479 e. The van der Waals surface area contributed by atoms with E-state index in [9.17, 15) is 9.36 Å². The maximum atomic E-state index is 14.3. The maximum Gasteiger partial charge on any atom is 0.459 e. The molecule has 15 nitrogen and oxygen atoms in total. The van der Waals surface area contributed by atoms with Crippen LogP contribution in [-0.2, 0) is 28.1 Å². The van der Waals surface area contributed by atoms with Gasteiger partial charge in [0.1, 0.15) is 29.9 Å². The average Bonchev–Trinajstić information content (AvgIpc) is 3.61. The van der Waals surface area contributed by atoms with E-state index in [0.29, 0.717) is 49.5 Å². The van der Waals surface area contributed by atoms with Gasteiger partial charge in [0, 0.05) is 30.3 Å². The summed E-state index contributed by atoms with van der Waals surface area (Å²) in [6.07, 6.45) is 2.26. The molecule has 5 atom stereocenters. The third-order valence-electron chi connectivity index (χ3n) is 7.99. The minimum atomic E-state index is -4.15. The number of nitrogens with zero attached hydrogens (tertiary/aromatic N) is 5. The lowest BCUT2D eigenvalue weighted by Crippen LogP contribution is -2.38. The van der Waals surface area contributed by atoms with Crippen LogP contribution in [0.25, 0.3) is 22.1 Å². The zero-order valence-electron chi connectivity index (χ0n) is 28.1. The van der Waals surface area contributed by atoms with Crippen molar-refractivity contribution in [1.82, 2.24) is 29.6 Å². The lowest BCUT2D eigenvalue weighted by molar-refractivity contribution is -0.154. The highest BCUT2D eigenvalue weighted by Gasteiger charge is 2.39. The fraction of sp³-hybridized carbons (Fsp3) is 0.531. The van der Waals surface area contributed by atoms with E-state index in [2.05, 4.69) is 25.0 Å². The summed E-state index contributed by atoms with van der Waals surface area (Å²) in [4.78, 5) is 30.4. The maximum absolute atomic E-state index is 14.3. The minimum absolute atomic E-state index is 0.00140. The van der Waals surface area contributed by atoms with Crippen molar-refractivity contribution in [3.8, 4) is 11.6 Å². The van der Waals surface area contributed by atoms with Crippen molar-refractivity contribution in [2.45, 2.75) is 78.4 Å². The zero-order chi connectivity index (χ0) is 34.4. The van der Waals surface area contributed by atoms with E-state index in [1.807, 2.05) is 38.3 Å². The molecule has 2 fully saturated rings. The van der Waals surface area contributed by atoms with Crippen molar-refractivity contribution >= 4 is 41.7 Å². The molecule has 0 radical (unpaired) electrons. The number of esters is 1. The van der Waals surface area contributed by atoms with Crippen LogP contribution >= 0.6 is 7.75 Å². The number of ether oxygens (including phenoxy) is 4. The van der Waals surface area contributed by atoms with Gasteiger partial charge >= 0.3 is 13.7 Å². The number of hydrogen-bond donors (Lipinski definition) is 2. The predicted octanol–water partition coefficient (Wildman–Crippen LogP) is 5.13. The fourth-order valence-electron chi connectivity index (χ4n) is 5.73. The number of nitrogens with two attached hydrogens (primary N) is 1. The summed E-state index contributed by atoms with van der Waals surface area (Å²) in [6.45, 7) is 10.4. The second-order valence-corrected chi connectivity index (χ2v) is 13.2. The van der Waals surface area contributed by atoms with Crippen molar-refractivity contribution in [2.24, 2.45) is 5.92 Å². The van der Waals surface area contributed by atoms with Gasteiger partial charge in [0.2, 0.25) is 11.8 Å². The first kappa shape index (κ1) is 35.4. The summed E-state index contributed by atoms with van der Waals surface area (Å²) < 4.78 is 50.9. The molecule has 2 aliphatic heterocycles. The number of benzene rings is 1. The van der Waals surface area contributed by atoms with Crippen molar-refractivity contribution in [2.75, 3.05) is 32.7 Å². The first-order chi connectivity index (χ1) is 23.1. The summed E-state index contributed by atoms with van der Waals surface area (Å²) >= 11 is 0. The van der Waals surface area contributed by atoms with E-state index >= 15 is 0 Å². The second-order valence-electron chi connectivity index (χ2n) is 11.5. The third kappa shape index (κ3) is 8.04. The number of nitrogen functional groups attached to an aromatic ring is 1. The first-order valence-electron chi connectivity index (χ1n) is 16.2. The number of nitrogens with one attached hydrogen (secondary N) is 1. The normalized spacial score (nSPS) is 21.7. The number of imidazole rings is 1. The number of fused-ring (bicyclic) bond motifs is 2. The van der Waals surface area contributed by atoms with E-state index in [4.69, 9.17) is 33.7 Å². The summed E-state index contributed by atoms with van der Waals surface area (Å²) in [5.41, 5.74) is 7.65. The Hall–Kier alpha value is -3.88. The molecule has 6 rings (SSSR count). The van der Waals surface area contributed by atoms with Crippen molar-refractivity contribution in [1.29, 1.82) is 0 Å². The largest absolute Gasteiger partial charge is 0.479 e. The Morgan fingerprint density at radius 1 is 1.19 bits per heavy atom. The fourth-order valence-corrected chi connectivity index (χ4v) is 7.25. The van der Waals surface area contributed by atoms with Crippen LogP contribution in [0.5, 0.6) is 11.6 Å². The van der Waals surface area contributed by atoms with Gasteiger partial charge in [0.05, 0.1) is 38.6 Å². The van der Waals surface area contributed by atoms with Gasteiger partial charge in [-0.3, -0.25) is 18.9 Å². The molecule has 0 bridgehead atoms. The van der Waals surface area contributed by atoms with E-state index in [1.165, 1.54) is 7.11 Å². The molecule has 0 amide bonds. The lowest BCUT2D eigenvalue weighted by Gasteiger charge is -2.26. The highest BCUT2D eigenvalue weighted by Crippen LogP contribution is 2.47. The van der Waals surface area contributed by atoms with Gasteiger partial charge in [-0.15, -0.1) is 0 Å². The van der Waals surface area contributed by atoms with Gasteiger partial charge in [0.15, 0.2) is 11.2 Å². The molecule has 0 aliphatic carbocycles. The van der Waals surface area contributed by atoms with Gasteiger partial charge in [-0.05, 0) is 44.5 Å². The van der Waals surface area contributed by atoms with Crippen LogP contribution in [0.3, 0.4) is 0 Å². The molecule has 48 heavy (non-hydrogen) atoms. The monoisotopic (exact) mass is 685 g/mol. The number of anilines is 1. The highest BCUT2D eigenvalue weighted by molar-refractivity contribution is 7.52. The number of carbonyl (C=O) groups excluding carboxylic acids is 1. The number of hydrogen-bond acceptors (Lipinski definition) is 13. The molecule has 3 aromatic heterocycles. The molecule has 5 heterocycles. The zero-order valence-corrected chi connectivity index (χ0v) is 29.0. The third-order valence-corrected chi connectivity index (χ3v) is 9.63. The number of aryl methyl sites for hydroxylation is 1. The first-order valence-corrected chi connectivity index (χ1v) is 17.7. The average molecular weight is 686 g/mol. The van der Waals surface area contributed by atoms with Crippen LogP contribution in [-0.4, -0.2) is 75.7 Å². The quantitative estimate of drug-likeness (QED) is 0.156. The lowest BCUT2D eigenvalue weighted by atomic mass is 10.1. The van der Waals surface area contributed by atoms with Gasteiger partial charge in [-0.25, -0.2) is 9.55 Å². The standard InChI is InChI=1S/C30H38N7O8P.C2H6/c1-17-14-23(43-28(17)37-19(3)33-25-26(37)34-30(31)35-27(25)40-4)16-42-46(39,36-18(2)29(38)44-21-9-12-41-13-10-21)45-22-7-8-24-20(15-22)6-5-11-32-24;1-2/h5-8,11,15,17-18,21,23,28H,9-10,12-14,16H2,1-4H3,(H,36,39)(H2,31,34,35);1-2H3. The van der Waals surface area contributed by atoms with Crippen LogP contribution in [0.15, 0.2) is 36.5 Å². The summed E-state index contributed by atoms with van der Waals surface area (Å²) in [6, 6.07) is 7.79. The van der Waals surface area contributed by atoms with Crippen LogP contribution in [0.1, 0.15) is 59.0 Å². The van der Waals surface area contributed by atoms with Crippen LogP contribution in [0, 0.1) is 12.8 Å². The number of pyridine rings is 1. The molecular weight excluding hydrogens is 641 g/mol. The van der Waals surface area contributed by atoms with Crippen LogP contribution in [0.2, 0.25) is 0 Å². The second kappa shape index (κ2) is 15.6. The Balaban J connectivity index is 0.00000221. The Labute approximate surface area is 279 Å². The topological polar surface area (TPSA) is 184 Å². The molecule has 0 spiro atoms. The molecule has 260 valence electrons. The summed E-state index contributed by atoms with van der Waals surface area (Å²) in [5, 5.41) is 3.57. The van der Waals surface area contributed by atoms with Crippen molar-refractivity contribution in [3.63, 3.8) is 0 Å². The predicted molar refractivity (Wildman–Crippen MR) is 179 cm³/mol. The van der Waals surface area contributed by atoms with Crippen molar-refractivity contribution < 1.29 is 37.4 Å². The van der Waals surface area contributed by atoms with Gasteiger partial charge < -0.3 is 29.2 Å². The number of methoxy groups -OCH3 is 1. The molecular formula is C32H44N7O8P. The van der Waals surface area contributed by atoms with Gasteiger partial charge in [-0.2, -0.15) is 15.1 Å². The van der Waals surface area contributed by atoms with Crippen LogP contribution < -0.4 is 20.1 Å². The Morgan fingerprint density at radius 3 is 2.71 bits per heavy atom. The van der Waals surface area contributed by atoms with E-state index in [0.717, 1.165) is 10.9 Å². The molecule has 3 N–H and O–H groups in total. The smallest absolute Gasteiger partial charge is 0.459 e. The Kier molecular flexibility index (Phi) is 11.5. The number of rotatable bonds is 11.